The van der Waals surface area contributed by atoms with E-state index in [0.717, 1.165) is 0 Å². The molecule has 2 heteroatoms. The molecule has 0 aromatic rings. The lowest BCUT2D eigenvalue weighted by molar-refractivity contribution is 1.53. The molecule has 0 fully saturated rings. The van der Waals surface area contributed by atoms with Gasteiger partial charge < -0.3 is 11.8 Å². The maximum absolute atomic E-state index is 6.25. The van der Waals surface area contributed by atoms with Crippen molar-refractivity contribution < 1.29 is 0 Å². The summed E-state index contributed by atoms with van der Waals surface area (Å²) in [4.78, 5) is 0. The number of hydrogen-bond donors (Lipinski definition) is 0. The van der Waals surface area contributed by atoms with Crippen LogP contribution in [0.5, 0.6) is 0 Å². The lowest BCUT2D eigenvalue weighted by Gasteiger charge is -1.81. The third-order valence-corrected chi connectivity index (χ3v) is 0. The largest absolute Gasteiger partial charge is 0.512 e. The van der Waals surface area contributed by atoms with Crippen molar-refractivity contribution in [2.24, 2.45) is 0 Å². The first-order valence-electron chi connectivity index (χ1n) is 1.57. The van der Waals surface area contributed by atoms with E-state index in [-0.39, 0.29) is 0 Å². The summed E-state index contributed by atoms with van der Waals surface area (Å²) < 4.78 is 0. The average Bonchev–Trinajstić information content (AvgIpc) is 1.41. The second-order valence-corrected chi connectivity index (χ2v) is 4.02. The average molecular weight is 102 g/mol. The zero-order chi connectivity index (χ0) is 5.58. The predicted molar refractivity (Wildman–Crippen MR) is 29.7 cm³/mol. The first-order valence-corrected chi connectivity index (χ1v) is 4.25. The van der Waals surface area contributed by atoms with Gasteiger partial charge in [0.2, 0.25) is 0 Å². The van der Waals surface area contributed by atoms with Gasteiger partial charge in [-0.05, 0) is 20.0 Å². The van der Waals surface area contributed by atoms with Crippen molar-refractivity contribution in [2.75, 3.05) is 20.0 Å². The van der Waals surface area contributed by atoms with Crippen LogP contribution in [0.3, 0.4) is 0 Å². The molecule has 0 N–H and O–H groups in total. The molecule has 0 bridgehead atoms. The van der Waals surface area contributed by atoms with Crippen LogP contribution in [-0.4, -0.2) is 20.0 Å². The van der Waals surface area contributed by atoms with E-state index in [1.165, 1.54) is 0 Å². The second kappa shape index (κ2) is 8.87. The number of hydrogen-bond acceptors (Lipinski definition) is 1. The molecule has 0 saturated heterocycles. The van der Waals surface area contributed by atoms with Crippen LogP contribution in [0.15, 0.2) is 0 Å². The van der Waals surface area contributed by atoms with Gasteiger partial charge in [-0.2, -0.15) is 0 Å². The molecule has 0 aromatic heterocycles. The van der Waals surface area contributed by atoms with Crippen LogP contribution in [0.4, 0.5) is 0 Å². The summed E-state index contributed by atoms with van der Waals surface area (Å²) in [5, 5.41) is 6.25. The Balaban J connectivity index is 0. The highest BCUT2D eigenvalue weighted by Gasteiger charge is 1.65. The van der Waals surface area contributed by atoms with Crippen molar-refractivity contribution in [1.82, 2.24) is 0 Å². The van der Waals surface area contributed by atoms with Crippen LogP contribution in [0.1, 0.15) is 0 Å². The van der Waals surface area contributed by atoms with Crippen molar-refractivity contribution in [3.63, 3.8) is 0 Å². The Morgan fingerprint density at radius 1 is 1.17 bits per heavy atom. The minimum absolute atomic E-state index is 0.380. The molecule has 0 aromatic carbocycles. The van der Waals surface area contributed by atoms with Gasteiger partial charge in [-0.1, -0.05) is 0 Å². The summed E-state index contributed by atoms with van der Waals surface area (Å²) in [6.45, 7) is 11.4. The molecule has 0 amide bonds. The first kappa shape index (κ1) is 9.33. The fourth-order valence-electron chi connectivity index (χ4n) is 0. The Morgan fingerprint density at radius 2 is 1.17 bits per heavy atom. The molecule has 0 radical (unpaired) electrons. The van der Waals surface area contributed by atoms with Gasteiger partial charge >= 0.3 is 0 Å². The molecule has 0 unspecified atom stereocenters. The molecule has 36 valence electrons. The van der Waals surface area contributed by atoms with E-state index in [4.69, 9.17) is 11.8 Å². The Bertz CT molecular complexity index is 29.0. The van der Waals surface area contributed by atoms with Crippen LogP contribution in [-0.2, 0) is 0 Å². The molecular weight excluding hydrogens is 93.0 g/mol. The van der Waals surface area contributed by atoms with E-state index in [1.807, 2.05) is 0 Å². The van der Waals surface area contributed by atoms with E-state index < -0.39 is 0 Å². The monoisotopic (exact) mass is 102 g/mol. The lowest BCUT2D eigenvalue weighted by atomic mass is 11.9. The van der Waals surface area contributed by atoms with E-state index in [9.17, 15) is 0 Å². The van der Waals surface area contributed by atoms with Gasteiger partial charge in [0.1, 0.15) is 0 Å². The van der Waals surface area contributed by atoms with Crippen LogP contribution in [0.2, 0.25) is 0 Å². The minimum atomic E-state index is 0.380. The molecular formula is C4H9NP-. The normalized spacial score (nSPS) is 6.33. The van der Waals surface area contributed by atoms with Crippen molar-refractivity contribution >= 4 is 7.92 Å². The highest BCUT2D eigenvalue weighted by Crippen LogP contribution is 2.14. The van der Waals surface area contributed by atoms with Crippen LogP contribution < -0.4 is 0 Å². The molecule has 0 rings (SSSR count). The summed E-state index contributed by atoms with van der Waals surface area (Å²) in [6.07, 6.45) is 0. The maximum Gasteiger partial charge on any atom is -0.0449 e. The topological polar surface area (TPSA) is 23.8 Å². The highest BCUT2D eigenvalue weighted by atomic mass is 31.1. The van der Waals surface area contributed by atoms with Gasteiger partial charge in [-0.3, -0.25) is 0 Å². The van der Waals surface area contributed by atoms with Crippen LogP contribution in [0.25, 0.3) is 0 Å². The van der Waals surface area contributed by atoms with Crippen LogP contribution in [0, 0.1) is 11.8 Å². The highest BCUT2D eigenvalue weighted by molar-refractivity contribution is 7.55. The zero-order valence-electron chi connectivity index (χ0n) is 4.39. The molecule has 0 spiro atoms. The molecule has 0 aliphatic rings. The Labute approximate surface area is 40.7 Å². The van der Waals surface area contributed by atoms with Crippen molar-refractivity contribution in [2.45, 2.75) is 0 Å². The Hall–Kier alpha value is -0.0800. The first-order chi connectivity index (χ1) is 2.73. The summed E-state index contributed by atoms with van der Waals surface area (Å²) in [5.41, 5.74) is 0. The van der Waals surface area contributed by atoms with E-state index in [1.54, 1.807) is 0 Å². The lowest BCUT2D eigenvalue weighted by Crippen LogP contribution is -1.48. The van der Waals surface area contributed by atoms with Crippen molar-refractivity contribution in [3.8, 4) is 0 Å². The summed E-state index contributed by atoms with van der Waals surface area (Å²) in [6, 6.07) is 0. The fourth-order valence-corrected chi connectivity index (χ4v) is 0. The van der Waals surface area contributed by atoms with E-state index >= 15 is 0 Å². The van der Waals surface area contributed by atoms with Gasteiger partial charge in [-0.15, -0.1) is 7.92 Å². The SMILES string of the molecule is CP(C)C.[C-]#N. The number of nitrogens with zero attached hydrogens (tertiary/aromatic N) is 1. The Morgan fingerprint density at radius 3 is 1.17 bits per heavy atom. The smallest absolute Gasteiger partial charge is 0.0449 e. The summed E-state index contributed by atoms with van der Waals surface area (Å²) in [5.74, 6) is 0. The van der Waals surface area contributed by atoms with Crippen molar-refractivity contribution in [1.29, 1.82) is 5.26 Å². The predicted octanol–water partition coefficient (Wildman–Crippen LogP) is 1.45. The molecule has 1 nitrogen and oxygen atoms in total. The molecule has 0 atom stereocenters. The van der Waals surface area contributed by atoms with E-state index in [0.29, 0.717) is 7.92 Å². The summed E-state index contributed by atoms with van der Waals surface area (Å²) >= 11 is 0. The van der Waals surface area contributed by atoms with Gasteiger partial charge in [0.05, 0.1) is 0 Å². The molecule has 0 aliphatic heterocycles. The van der Waals surface area contributed by atoms with Gasteiger partial charge in [0, 0.05) is 0 Å². The fraction of sp³-hybridized carbons (Fsp3) is 0.750. The quantitative estimate of drug-likeness (QED) is 0.335. The molecule has 0 aliphatic carbocycles. The van der Waals surface area contributed by atoms with Gasteiger partial charge in [0.25, 0.3) is 0 Å². The zero-order valence-corrected chi connectivity index (χ0v) is 5.29. The third-order valence-electron chi connectivity index (χ3n) is 0. The second-order valence-electron chi connectivity index (χ2n) is 1.34. The molecule has 0 heterocycles. The van der Waals surface area contributed by atoms with E-state index in [2.05, 4.69) is 20.0 Å². The van der Waals surface area contributed by atoms with Gasteiger partial charge in [-0.25, -0.2) is 0 Å². The molecule has 6 heavy (non-hydrogen) atoms. The van der Waals surface area contributed by atoms with Gasteiger partial charge in [0.15, 0.2) is 0 Å². The van der Waals surface area contributed by atoms with Crippen molar-refractivity contribution in [3.05, 3.63) is 6.57 Å². The minimum Gasteiger partial charge on any atom is -0.512 e. The third kappa shape index (κ3) is 5220. The summed E-state index contributed by atoms with van der Waals surface area (Å²) in [7, 11) is 0.380. The maximum atomic E-state index is 6.25. The standard InChI is InChI=1S/C3H9P.CN/c1-4(2)3;1-2/h1-3H3;/q;-1. The number of rotatable bonds is 0. The Kier molecular flexibility index (Phi) is 13.8. The molecule has 0 saturated carbocycles. The van der Waals surface area contributed by atoms with Crippen LogP contribution >= 0.6 is 7.92 Å².